The van der Waals surface area contributed by atoms with Gasteiger partial charge in [-0.05, 0) is 119 Å². The van der Waals surface area contributed by atoms with Crippen LogP contribution in [0.5, 0.6) is 0 Å². The van der Waals surface area contributed by atoms with E-state index in [9.17, 15) is 25.2 Å². The average molecular weight is 651 g/mol. The van der Waals surface area contributed by atoms with Gasteiger partial charge in [-0.1, -0.05) is 73.9 Å². The number of likely N-dealkylation sites (N-methyl/N-ethyl adjacent to an activating group) is 1. The third-order valence-electron chi connectivity index (χ3n) is 12.4. The van der Waals surface area contributed by atoms with Crippen molar-refractivity contribution in [2.75, 3.05) is 39.9 Å². The normalized spacial score (nSPS) is 34.9. The molecule has 0 radical (unpaired) electrons. The van der Waals surface area contributed by atoms with E-state index in [1.54, 1.807) is 0 Å². The standard InChI is InChI=1S/C40H62N2O5/c1-6-42-25-28(2)14-19-38(17-7-8-18-38)30(4)10-9-11-33(27-45)34-15-20-40(37(34)46)36-31(16-23-43)12-13-32(35(36)29(3)26-44)24-39(40,47)21-22-41-5/h9-14,26,31-32,34,36-37,41-43,45-47H,4,6-8,15-25,27H2,1-3,5H3. The smallest absolute Gasteiger partial charge is 0.145 e. The van der Waals surface area contributed by atoms with Gasteiger partial charge in [-0.3, -0.25) is 4.79 Å². The summed E-state index contributed by atoms with van der Waals surface area (Å²) >= 11 is 0. The molecule has 0 heterocycles. The van der Waals surface area contributed by atoms with Crippen molar-refractivity contribution >= 4 is 6.29 Å². The lowest BCUT2D eigenvalue weighted by atomic mass is 9.45. The van der Waals surface area contributed by atoms with Crippen molar-refractivity contribution in [3.63, 3.8) is 0 Å². The number of aldehydes is 1. The van der Waals surface area contributed by atoms with Gasteiger partial charge < -0.3 is 31.1 Å². The van der Waals surface area contributed by atoms with Crippen molar-refractivity contribution in [3.8, 4) is 0 Å². The highest BCUT2D eigenvalue weighted by atomic mass is 16.3. The molecule has 3 fully saturated rings. The Morgan fingerprint density at radius 2 is 1.89 bits per heavy atom. The van der Waals surface area contributed by atoms with Gasteiger partial charge in [-0.15, -0.1) is 0 Å². The molecule has 4 aliphatic rings. The maximum atomic E-state index is 12.7. The summed E-state index contributed by atoms with van der Waals surface area (Å²) in [7, 11) is 1.87. The predicted molar refractivity (Wildman–Crippen MR) is 191 cm³/mol. The van der Waals surface area contributed by atoms with Crippen LogP contribution in [0.3, 0.4) is 0 Å². The topological polar surface area (TPSA) is 122 Å². The van der Waals surface area contributed by atoms with E-state index in [4.69, 9.17) is 0 Å². The van der Waals surface area contributed by atoms with E-state index < -0.39 is 17.1 Å². The van der Waals surface area contributed by atoms with Gasteiger partial charge in [0.1, 0.15) is 6.29 Å². The lowest BCUT2D eigenvalue weighted by molar-refractivity contribution is -0.194. The van der Waals surface area contributed by atoms with E-state index in [0.717, 1.165) is 55.4 Å². The second kappa shape index (κ2) is 16.5. The van der Waals surface area contributed by atoms with Crippen LogP contribution >= 0.6 is 0 Å². The number of aliphatic hydroxyl groups excluding tert-OH is 3. The van der Waals surface area contributed by atoms with Crippen molar-refractivity contribution in [2.45, 2.75) is 96.7 Å². The lowest BCUT2D eigenvalue weighted by Gasteiger charge is -2.61. The number of nitrogens with one attached hydrogen (secondary N) is 2. The quantitative estimate of drug-likeness (QED) is 0.0577. The monoisotopic (exact) mass is 650 g/mol. The summed E-state index contributed by atoms with van der Waals surface area (Å²) in [5, 5.41) is 52.5. The van der Waals surface area contributed by atoms with E-state index in [1.807, 2.05) is 26.1 Å². The Morgan fingerprint density at radius 3 is 2.53 bits per heavy atom. The molecule has 4 aliphatic carbocycles. The molecule has 0 aliphatic heterocycles. The fourth-order valence-corrected chi connectivity index (χ4v) is 9.84. The molecule has 0 saturated heterocycles. The number of hydrogen-bond donors (Lipinski definition) is 6. The van der Waals surface area contributed by atoms with E-state index >= 15 is 0 Å². The zero-order valence-electron chi connectivity index (χ0n) is 29.4. The first-order chi connectivity index (χ1) is 22.6. The first-order valence-electron chi connectivity index (χ1n) is 18.1. The van der Waals surface area contributed by atoms with Gasteiger partial charge in [0.2, 0.25) is 0 Å². The van der Waals surface area contributed by atoms with Crippen molar-refractivity contribution in [1.29, 1.82) is 0 Å². The summed E-state index contributed by atoms with van der Waals surface area (Å²) in [5.41, 5.74) is 2.79. The number of allylic oxidation sites excluding steroid dienone is 9. The van der Waals surface area contributed by atoms with Gasteiger partial charge in [-0.2, -0.15) is 0 Å². The Kier molecular flexibility index (Phi) is 13.2. The Balaban J connectivity index is 1.67. The van der Waals surface area contributed by atoms with Gasteiger partial charge in [0.05, 0.1) is 18.3 Å². The van der Waals surface area contributed by atoms with Crippen LogP contribution in [-0.2, 0) is 4.79 Å². The zero-order chi connectivity index (χ0) is 34.2. The summed E-state index contributed by atoms with van der Waals surface area (Å²) in [4.78, 5) is 12.2. The Morgan fingerprint density at radius 1 is 1.15 bits per heavy atom. The number of fused-ring (bicyclic) bond motifs is 3. The first-order valence-corrected chi connectivity index (χ1v) is 18.1. The highest BCUT2D eigenvalue weighted by molar-refractivity contribution is 5.74. The Labute approximate surface area is 283 Å². The maximum absolute atomic E-state index is 12.7. The Bertz CT molecular complexity index is 1260. The molecule has 7 heteroatoms. The van der Waals surface area contributed by atoms with Crippen LogP contribution in [0.15, 0.2) is 70.9 Å². The fourth-order valence-electron chi connectivity index (χ4n) is 9.84. The summed E-state index contributed by atoms with van der Waals surface area (Å²) in [6.07, 6.45) is 20.8. The number of carbonyl (C=O) groups excluding carboxylic acids is 1. The predicted octanol–water partition coefficient (Wildman–Crippen LogP) is 5.34. The van der Waals surface area contributed by atoms with Crippen LogP contribution in [0, 0.1) is 34.5 Å². The molecule has 0 aromatic rings. The van der Waals surface area contributed by atoms with Gasteiger partial charge in [0.15, 0.2) is 0 Å². The molecule has 0 amide bonds. The molecule has 0 aromatic carbocycles. The van der Waals surface area contributed by atoms with Crippen LogP contribution < -0.4 is 10.6 Å². The molecular weight excluding hydrogens is 588 g/mol. The van der Waals surface area contributed by atoms with Crippen LogP contribution in [0.1, 0.15) is 85.0 Å². The number of hydrogen-bond acceptors (Lipinski definition) is 7. The van der Waals surface area contributed by atoms with E-state index in [0.29, 0.717) is 44.2 Å². The molecule has 7 nitrogen and oxygen atoms in total. The molecule has 47 heavy (non-hydrogen) atoms. The van der Waals surface area contributed by atoms with Gasteiger partial charge >= 0.3 is 0 Å². The van der Waals surface area contributed by atoms with E-state index in [2.05, 4.69) is 55.4 Å². The number of rotatable bonds is 16. The maximum Gasteiger partial charge on any atom is 0.145 e. The average Bonchev–Trinajstić information content (AvgIpc) is 3.69. The van der Waals surface area contributed by atoms with Crippen molar-refractivity contribution in [3.05, 3.63) is 70.9 Å². The minimum Gasteiger partial charge on any atom is -0.396 e. The molecular formula is C40H62N2O5. The van der Waals surface area contributed by atoms with Crippen LogP contribution in [-0.4, -0.2) is 78.3 Å². The molecule has 2 bridgehead atoms. The van der Waals surface area contributed by atoms with Crippen LogP contribution in [0.4, 0.5) is 0 Å². The molecule has 262 valence electrons. The molecule has 3 saturated carbocycles. The highest BCUT2D eigenvalue weighted by Gasteiger charge is 2.68. The zero-order valence-corrected chi connectivity index (χ0v) is 29.4. The van der Waals surface area contributed by atoms with Crippen LogP contribution in [0.25, 0.3) is 0 Å². The van der Waals surface area contributed by atoms with Gasteiger partial charge in [0.25, 0.3) is 0 Å². The number of carbonyl (C=O) groups is 1. The molecule has 7 atom stereocenters. The summed E-state index contributed by atoms with van der Waals surface area (Å²) in [6.45, 7) is 12.9. The summed E-state index contributed by atoms with van der Waals surface area (Å²) in [5.74, 6) is -0.831. The first kappa shape index (κ1) is 37.7. The summed E-state index contributed by atoms with van der Waals surface area (Å²) < 4.78 is 0. The van der Waals surface area contributed by atoms with Gasteiger partial charge in [-0.25, -0.2) is 0 Å². The van der Waals surface area contributed by atoms with E-state index in [-0.39, 0.29) is 42.3 Å². The minimum atomic E-state index is -1.19. The molecule has 4 rings (SSSR count). The van der Waals surface area contributed by atoms with Gasteiger partial charge in [0, 0.05) is 30.4 Å². The number of aliphatic hydroxyl groups is 4. The largest absolute Gasteiger partial charge is 0.396 e. The molecule has 1 spiro atoms. The lowest BCUT2D eigenvalue weighted by Crippen LogP contribution is -2.65. The fraction of sp³-hybridized carbons (Fsp3) is 0.675. The van der Waals surface area contributed by atoms with Crippen LogP contribution in [0.2, 0.25) is 0 Å². The molecule has 7 unspecified atom stereocenters. The third-order valence-corrected chi connectivity index (χ3v) is 12.4. The highest BCUT2D eigenvalue weighted by Crippen LogP contribution is 2.67. The van der Waals surface area contributed by atoms with E-state index in [1.165, 1.54) is 18.4 Å². The molecule has 6 N–H and O–H groups in total. The minimum absolute atomic E-state index is 0.0168. The van der Waals surface area contributed by atoms with Crippen molar-refractivity contribution in [1.82, 2.24) is 10.6 Å². The van der Waals surface area contributed by atoms with Crippen molar-refractivity contribution < 1.29 is 25.2 Å². The third kappa shape index (κ3) is 7.41. The SMILES string of the molecule is C=C(C=CC=C(CO)C1CCC2(C1O)C1C(=C(C)C=O)C(C=CC1CCO)CC2(O)CCNC)C1(CC=C(C)CNCC)CCCC1. The van der Waals surface area contributed by atoms with Crippen molar-refractivity contribution in [2.24, 2.45) is 34.5 Å². The second-order valence-corrected chi connectivity index (χ2v) is 14.9. The second-order valence-electron chi connectivity index (χ2n) is 14.9. The Hall–Kier alpha value is -2.13. The molecule has 0 aromatic heterocycles. The summed E-state index contributed by atoms with van der Waals surface area (Å²) in [6, 6.07) is 0.